The molecule has 1 unspecified atom stereocenters. The molecule has 9 heteroatoms. The predicted octanol–water partition coefficient (Wildman–Crippen LogP) is 4.42. The summed E-state index contributed by atoms with van der Waals surface area (Å²) in [6, 6.07) is 6.93. The maximum absolute atomic E-state index is 12.4. The number of aliphatic imine (C=N–C) groups is 1. The number of nitrogens with zero attached hydrogens (tertiary/aromatic N) is 2. The second kappa shape index (κ2) is 14.7. The lowest BCUT2D eigenvalue weighted by atomic mass is 10.1. The lowest BCUT2D eigenvalue weighted by Crippen LogP contribution is -2.42. The van der Waals surface area contributed by atoms with E-state index in [-0.39, 0.29) is 35.8 Å². The Labute approximate surface area is 189 Å². The SMILES string of the molecule is CCN(CC)CCCC(C)NC(=NC)NCc1ccccc1OCC(F)(F)F.I. The van der Waals surface area contributed by atoms with Crippen molar-refractivity contribution in [3.8, 4) is 5.75 Å². The topological polar surface area (TPSA) is 48.9 Å². The molecule has 0 aliphatic rings. The summed E-state index contributed by atoms with van der Waals surface area (Å²) in [7, 11) is 1.67. The maximum Gasteiger partial charge on any atom is 0.422 e. The van der Waals surface area contributed by atoms with Crippen LogP contribution in [-0.2, 0) is 6.54 Å². The van der Waals surface area contributed by atoms with Crippen LogP contribution in [0.2, 0.25) is 0 Å². The summed E-state index contributed by atoms with van der Waals surface area (Å²) in [5, 5.41) is 6.46. The van der Waals surface area contributed by atoms with Crippen molar-refractivity contribution in [2.75, 3.05) is 33.3 Å². The van der Waals surface area contributed by atoms with E-state index in [1.54, 1.807) is 25.2 Å². The molecule has 0 aromatic heterocycles. The molecule has 168 valence electrons. The van der Waals surface area contributed by atoms with Crippen LogP contribution in [0.3, 0.4) is 0 Å². The van der Waals surface area contributed by atoms with Crippen molar-refractivity contribution in [3.05, 3.63) is 29.8 Å². The Hall–Kier alpha value is -1.23. The van der Waals surface area contributed by atoms with Crippen LogP contribution in [0.15, 0.2) is 29.3 Å². The van der Waals surface area contributed by atoms with Gasteiger partial charge in [-0.05, 0) is 45.5 Å². The minimum absolute atomic E-state index is 0. The van der Waals surface area contributed by atoms with Crippen LogP contribution >= 0.6 is 24.0 Å². The molecule has 0 saturated carbocycles. The Bertz CT molecular complexity index is 595. The average Bonchev–Trinajstić information content (AvgIpc) is 2.66. The van der Waals surface area contributed by atoms with Crippen molar-refractivity contribution in [1.29, 1.82) is 0 Å². The molecular formula is C20H34F3IN4O. The Morgan fingerprint density at radius 3 is 2.45 bits per heavy atom. The van der Waals surface area contributed by atoms with Gasteiger partial charge in [0.2, 0.25) is 0 Å². The number of benzene rings is 1. The minimum atomic E-state index is -4.36. The second-order valence-electron chi connectivity index (χ2n) is 6.65. The van der Waals surface area contributed by atoms with Gasteiger partial charge in [-0.3, -0.25) is 4.99 Å². The summed E-state index contributed by atoms with van der Waals surface area (Å²) in [5.41, 5.74) is 0.642. The zero-order chi connectivity index (χ0) is 21.0. The van der Waals surface area contributed by atoms with Gasteiger partial charge in [0.15, 0.2) is 12.6 Å². The molecule has 0 bridgehead atoms. The molecule has 5 nitrogen and oxygen atoms in total. The molecule has 0 spiro atoms. The van der Waals surface area contributed by atoms with Gasteiger partial charge in [0.05, 0.1) is 0 Å². The summed E-state index contributed by atoms with van der Waals surface area (Å²) in [6.45, 7) is 8.60. The van der Waals surface area contributed by atoms with Gasteiger partial charge < -0.3 is 20.3 Å². The van der Waals surface area contributed by atoms with E-state index in [4.69, 9.17) is 4.74 Å². The van der Waals surface area contributed by atoms with Crippen LogP contribution in [0.4, 0.5) is 13.2 Å². The maximum atomic E-state index is 12.4. The molecule has 1 aromatic carbocycles. The Kier molecular flexibility index (Phi) is 14.1. The third-order valence-corrected chi connectivity index (χ3v) is 4.42. The normalized spacial score (nSPS) is 13.0. The fraction of sp³-hybridized carbons (Fsp3) is 0.650. The Balaban J connectivity index is 0.00000784. The van der Waals surface area contributed by atoms with Crippen LogP contribution in [0.5, 0.6) is 5.75 Å². The van der Waals surface area contributed by atoms with Crippen LogP contribution in [0, 0.1) is 0 Å². The van der Waals surface area contributed by atoms with E-state index in [9.17, 15) is 13.2 Å². The van der Waals surface area contributed by atoms with E-state index < -0.39 is 12.8 Å². The van der Waals surface area contributed by atoms with Crippen LogP contribution < -0.4 is 15.4 Å². The smallest absolute Gasteiger partial charge is 0.422 e. The lowest BCUT2D eigenvalue weighted by molar-refractivity contribution is -0.153. The van der Waals surface area contributed by atoms with Crippen molar-refractivity contribution >= 4 is 29.9 Å². The van der Waals surface area contributed by atoms with Crippen molar-refractivity contribution < 1.29 is 17.9 Å². The molecule has 0 saturated heterocycles. The van der Waals surface area contributed by atoms with Crippen LogP contribution in [0.1, 0.15) is 39.2 Å². The van der Waals surface area contributed by atoms with Crippen molar-refractivity contribution in [2.24, 2.45) is 4.99 Å². The standard InChI is InChI=1S/C20H33F3N4O.HI/c1-5-27(6-2)13-9-10-16(3)26-19(24-4)25-14-17-11-7-8-12-18(17)28-15-20(21,22)23;/h7-8,11-12,16H,5-6,9-10,13-15H2,1-4H3,(H2,24,25,26);1H. The number of nitrogens with one attached hydrogen (secondary N) is 2. The number of guanidine groups is 1. The zero-order valence-corrected chi connectivity index (χ0v) is 20.0. The fourth-order valence-electron chi connectivity index (χ4n) is 2.79. The lowest BCUT2D eigenvalue weighted by Gasteiger charge is -2.21. The molecule has 0 fully saturated rings. The number of halogens is 4. The van der Waals surface area contributed by atoms with Gasteiger partial charge in [-0.2, -0.15) is 13.2 Å². The molecule has 2 N–H and O–H groups in total. The van der Waals surface area contributed by atoms with Gasteiger partial charge in [-0.25, -0.2) is 0 Å². The molecule has 1 rings (SSSR count). The third-order valence-electron chi connectivity index (χ3n) is 4.42. The molecule has 0 heterocycles. The molecule has 0 aliphatic heterocycles. The average molecular weight is 530 g/mol. The second-order valence-corrected chi connectivity index (χ2v) is 6.65. The van der Waals surface area contributed by atoms with Crippen molar-refractivity contribution in [3.63, 3.8) is 0 Å². The largest absolute Gasteiger partial charge is 0.484 e. The predicted molar refractivity (Wildman–Crippen MR) is 123 cm³/mol. The first-order chi connectivity index (χ1) is 13.3. The Morgan fingerprint density at radius 2 is 1.86 bits per heavy atom. The molecule has 0 amide bonds. The molecular weight excluding hydrogens is 496 g/mol. The number of hydrogen-bond donors (Lipinski definition) is 2. The van der Waals surface area contributed by atoms with E-state index >= 15 is 0 Å². The quantitative estimate of drug-likeness (QED) is 0.253. The number of rotatable bonds is 11. The first kappa shape index (κ1) is 27.8. The summed E-state index contributed by atoms with van der Waals surface area (Å²) in [6.07, 6.45) is -2.28. The summed E-state index contributed by atoms with van der Waals surface area (Å²) in [5.74, 6) is 0.830. The van der Waals surface area contributed by atoms with Gasteiger partial charge in [0, 0.05) is 25.2 Å². The van der Waals surface area contributed by atoms with E-state index in [1.807, 2.05) is 0 Å². The minimum Gasteiger partial charge on any atom is -0.484 e. The number of para-hydroxylation sites is 1. The molecule has 29 heavy (non-hydrogen) atoms. The first-order valence-electron chi connectivity index (χ1n) is 9.76. The van der Waals surface area contributed by atoms with Gasteiger partial charge in [0.1, 0.15) is 5.75 Å². The monoisotopic (exact) mass is 530 g/mol. The van der Waals surface area contributed by atoms with Crippen LogP contribution in [0.25, 0.3) is 0 Å². The fourth-order valence-corrected chi connectivity index (χ4v) is 2.79. The molecule has 0 aliphatic carbocycles. The third kappa shape index (κ3) is 12.1. The highest BCUT2D eigenvalue weighted by atomic mass is 127. The van der Waals surface area contributed by atoms with E-state index in [0.29, 0.717) is 18.1 Å². The van der Waals surface area contributed by atoms with Gasteiger partial charge in [0.25, 0.3) is 0 Å². The zero-order valence-electron chi connectivity index (χ0n) is 17.7. The number of alkyl halides is 3. The highest BCUT2D eigenvalue weighted by molar-refractivity contribution is 14.0. The van der Waals surface area contributed by atoms with E-state index in [2.05, 4.69) is 41.3 Å². The number of hydrogen-bond acceptors (Lipinski definition) is 3. The van der Waals surface area contributed by atoms with Crippen molar-refractivity contribution in [2.45, 2.75) is 52.4 Å². The Morgan fingerprint density at radius 1 is 1.21 bits per heavy atom. The molecule has 1 aromatic rings. The summed E-state index contributed by atoms with van der Waals surface area (Å²) in [4.78, 5) is 6.58. The highest BCUT2D eigenvalue weighted by Gasteiger charge is 2.28. The molecule has 0 radical (unpaired) electrons. The number of ether oxygens (including phenoxy) is 1. The van der Waals surface area contributed by atoms with Gasteiger partial charge in [-0.1, -0.05) is 32.0 Å². The summed E-state index contributed by atoms with van der Waals surface area (Å²) < 4.78 is 42.1. The van der Waals surface area contributed by atoms with Crippen molar-refractivity contribution in [1.82, 2.24) is 15.5 Å². The summed E-state index contributed by atoms with van der Waals surface area (Å²) >= 11 is 0. The van der Waals surface area contributed by atoms with E-state index in [0.717, 1.165) is 32.5 Å². The molecule has 1 atom stereocenters. The van der Waals surface area contributed by atoms with E-state index in [1.165, 1.54) is 6.07 Å². The van der Waals surface area contributed by atoms with Gasteiger partial charge in [-0.15, -0.1) is 24.0 Å². The first-order valence-corrected chi connectivity index (χ1v) is 9.76. The highest BCUT2D eigenvalue weighted by Crippen LogP contribution is 2.22. The van der Waals surface area contributed by atoms with Gasteiger partial charge >= 0.3 is 6.18 Å². The van der Waals surface area contributed by atoms with Crippen LogP contribution in [-0.4, -0.2) is 56.4 Å².